The lowest BCUT2D eigenvalue weighted by molar-refractivity contribution is 0.102. The van der Waals surface area contributed by atoms with Crippen LogP contribution < -0.4 is 11.1 Å². The number of amides is 1. The number of hydrogen-bond acceptors (Lipinski definition) is 5. The molecule has 0 aliphatic carbocycles. The van der Waals surface area contributed by atoms with Crippen molar-refractivity contribution >= 4 is 11.8 Å². The van der Waals surface area contributed by atoms with Crippen LogP contribution in [-0.4, -0.2) is 16.0 Å². The molecule has 0 spiro atoms. The van der Waals surface area contributed by atoms with E-state index in [-0.39, 0.29) is 5.91 Å². The highest BCUT2D eigenvalue weighted by atomic mass is 16.5. The lowest BCUT2D eigenvalue weighted by Crippen LogP contribution is -2.13. The molecule has 1 amide bonds. The van der Waals surface area contributed by atoms with E-state index >= 15 is 0 Å². The Labute approximate surface area is 104 Å². The van der Waals surface area contributed by atoms with Gasteiger partial charge in [0.15, 0.2) is 0 Å². The fraction of sp³-hybridized carbons (Fsp3) is 0.250. The maximum Gasteiger partial charge on any atom is 0.258 e. The standard InChI is InChI=1S/C12H14N4O2/c1-7-8(2)16-18-12(7)15-11(17)9-3-4-14-10(5-9)6-13/h3-5H,6,13H2,1-2H3,(H,15,17). The molecular weight excluding hydrogens is 232 g/mol. The second kappa shape index (κ2) is 4.97. The van der Waals surface area contributed by atoms with Gasteiger partial charge in [0.05, 0.1) is 11.4 Å². The van der Waals surface area contributed by atoms with Crippen LogP contribution in [0.2, 0.25) is 0 Å². The molecule has 2 heterocycles. The normalized spacial score (nSPS) is 10.4. The van der Waals surface area contributed by atoms with Crippen LogP contribution in [0.25, 0.3) is 0 Å². The van der Waals surface area contributed by atoms with E-state index in [1.54, 1.807) is 18.3 Å². The fourth-order valence-corrected chi connectivity index (χ4v) is 1.44. The van der Waals surface area contributed by atoms with E-state index in [0.29, 0.717) is 23.7 Å². The summed E-state index contributed by atoms with van der Waals surface area (Å²) in [5.74, 6) is 0.0926. The smallest absolute Gasteiger partial charge is 0.258 e. The topological polar surface area (TPSA) is 94.0 Å². The average Bonchev–Trinajstić information content (AvgIpc) is 2.71. The third-order valence-electron chi connectivity index (χ3n) is 2.67. The number of hydrogen-bond donors (Lipinski definition) is 2. The molecule has 0 radical (unpaired) electrons. The Balaban J connectivity index is 2.19. The minimum absolute atomic E-state index is 0.272. The molecule has 0 bridgehead atoms. The number of nitrogens with two attached hydrogens (primary N) is 1. The number of aromatic nitrogens is 2. The largest absolute Gasteiger partial charge is 0.338 e. The monoisotopic (exact) mass is 246 g/mol. The van der Waals surface area contributed by atoms with Crippen molar-refractivity contribution in [2.45, 2.75) is 20.4 Å². The third kappa shape index (κ3) is 2.38. The molecule has 6 heteroatoms. The number of pyridine rings is 1. The van der Waals surface area contributed by atoms with Crippen molar-refractivity contribution in [1.82, 2.24) is 10.1 Å². The summed E-state index contributed by atoms with van der Waals surface area (Å²) in [5.41, 5.74) is 8.19. The van der Waals surface area contributed by atoms with Crippen LogP contribution in [0.5, 0.6) is 0 Å². The molecule has 0 atom stereocenters. The van der Waals surface area contributed by atoms with E-state index in [9.17, 15) is 4.79 Å². The van der Waals surface area contributed by atoms with Gasteiger partial charge < -0.3 is 10.3 Å². The van der Waals surface area contributed by atoms with Crippen molar-refractivity contribution in [3.05, 3.63) is 40.8 Å². The van der Waals surface area contributed by atoms with Crippen molar-refractivity contribution in [3.8, 4) is 0 Å². The van der Waals surface area contributed by atoms with Crippen LogP contribution in [0.15, 0.2) is 22.9 Å². The van der Waals surface area contributed by atoms with Gasteiger partial charge in [0.1, 0.15) is 0 Å². The van der Waals surface area contributed by atoms with Crippen LogP contribution in [0, 0.1) is 13.8 Å². The molecule has 2 aromatic rings. The SMILES string of the molecule is Cc1noc(NC(=O)c2ccnc(CN)c2)c1C. The predicted octanol–water partition coefficient (Wildman–Crippen LogP) is 1.40. The van der Waals surface area contributed by atoms with Crippen LogP contribution in [0.3, 0.4) is 0 Å². The van der Waals surface area contributed by atoms with Gasteiger partial charge in [-0.1, -0.05) is 5.16 Å². The Morgan fingerprint density at radius 2 is 2.28 bits per heavy atom. The van der Waals surface area contributed by atoms with Crippen molar-refractivity contribution in [3.63, 3.8) is 0 Å². The molecule has 0 unspecified atom stereocenters. The number of rotatable bonds is 3. The molecule has 0 aliphatic heterocycles. The Bertz CT molecular complexity index is 577. The fourth-order valence-electron chi connectivity index (χ4n) is 1.44. The van der Waals surface area contributed by atoms with Crippen LogP contribution in [0.1, 0.15) is 27.3 Å². The number of carbonyl (C=O) groups is 1. The van der Waals surface area contributed by atoms with Gasteiger partial charge in [-0.15, -0.1) is 0 Å². The van der Waals surface area contributed by atoms with E-state index in [4.69, 9.17) is 10.3 Å². The first-order chi connectivity index (χ1) is 8.61. The van der Waals surface area contributed by atoms with Crippen molar-refractivity contribution in [2.75, 3.05) is 5.32 Å². The second-order valence-corrected chi connectivity index (χ2v) is 3.92. The minimum Gasteiger partial charge on any atom is -0.338 e. The molecule has 0 fully saturated rings. The summed E-state index contributed by atoms with van der Waals surface area (Å²) in [7, 11) is 0. The van der Waals surface area contributed by atoms with Crippen LogP contribution in [0.4, 0.5) is 5.88 Å². The first kappa shape index (κ1) is 12.3. The van der Waals surface area contributed by atoms with E-state index < -0.39 is 0 Å². The molecule has 6 nitrogen and oxygen atoms in total. The second-order valence-electron chi connectivity index (χ2n) is 3.92. The van der Waals surface area contributed by atoms with Crippen LogP contribution >= 0.6 is 0 Å². The highest BCUT2D eigenvalue weighted by Gasteiger charge is 2.13. The summed E-state index contributed by atoms with van der Waals surface area (Å²) < 4.78 is 5.02. The molecule has 0 aliphatic rings. The van der Waals surface area contributed by atoms with E-state index in [2.05, 4.69) is 15.5 Å². The van der Waals surface area contributed by atoms with E-state index in [0.717, 1.165) is 11.3 Å². The van der Waals surface area contributed by atoms with Crippen molar-refractivity contribution in [2.24, 2.45) is 5.73 Å². The molecule has 0 saturated carbocycles. The lowest BCUT2D eigenvalue weighted by atomic mass is 10.2. The van der Waals surface area contributed by atoms with Gasteiger partial charge in [-0.3, -0.25) is 15.1 Å². The Kier molecular flexibility index (Phi) is 3.38. The molecule has 2 aromatic heterocycles. The average molecular weight is 246 g/mol. The molecule has 3 N–H and O–H groups in total. The number of anilines is 1. The molecule has 0 aromatic carbocycles. The van der Waals surface area contributed by atoms with Gasteiger partial charge >= 0.3 is 0 Å². The first-order valence-electron chi connectivity index (χ1n) is 5.51. The Morgan fingerprint density at radius 1 is 1.50 bits per heavy atom. The Hall–Kier alpha value is -2.21. The summed E-state index contributed by atoms with van der Waals surface area (Å²) in [6.45, 7) is 3.94. The van der Waals surface area contributed by atoms with Gasteiger partial charge in [-0.05, 0) is 26.0 Å². The third-order valence-corrected chi connectivity index (χ3v) is 2.67. The van der Waals surface area contributed by atoms with Crippen molar-refractivity contribution in [1.29, 1.82) is 0 Å². The molecular formula is C12H14N4O2. The zero-order valence-corrected chi connectivity index (χ0v) is 10.2. The van der Waals surface area contributed by atoms with Gasteiger partial charge in [0, 0.05) is 23.9 Å². The van der Waals surface area contributed by atoms with Gasteiger partial charge in [0.2, 0.25) is 5.88 Å². The quantitative estimate of drug-likeness (QED) is 0.853. The zero-order chi connectivity index (χ0) is 13.1. The summed E-state index contributed by atoms with van der Waals surface area (Å²) in [4.78, 5) is 16.0. The van der Waals surface area contributed by atoms with E-state index in [1.165, 1.54) is 0 Å². The number of aryl methyl sites for hydroxylation is 1. The van der Waals surface area contributed by atoms with Gasteiger partial charge in [-0.2, -0.15) is 0 Å². The molecule has 94 valence electrons. The number of carbonyl (C=O) groups excluding carboxylic acids is 1. The molecule has 0 saturated heterocycles. The van der Waals surface area contributed by atoms with Crippen LogP contribution in [-0.2, 0) is 6.54 Å². The van der Waals surface area contributed by atoms with Crippen molar-refractivity contribution < 1.29 is 9.32 Å². The maximum atomic E-state index is 12.0. The highest BCUT2D eigenvalue weighted by Crippen LogP contribution is 2.18. The summed E-state index contributed by atoms with van der Waals surface area (Å²) >= 11 is 0. The summed E-state index contributed by atoms with van der Waals surface area (Å²) in [6, 6.07) is 3.26. The highest BCUT2D eigenvalue weighted by molar-refractivity contribution is 6.03. The van der Waals surface area contributed by atoms with E-state index in [1.807, 2.05) is 13.8 Å². The Morgan fingerprint density at radius 3 is 2.89 bits per heavy atom. The zero-order valence-electron chi connectivity index (χ0n) is 10.2. The van der Waals surface area contributed by atoms with Gasteiger partial charge in [0.25, 0.3) is 5.91 Å². The molecule has 18 heavy (non-hydrogen) atoms. The summed E-state index contributed by atoms with van der Waals surface area (Å²) in [5, 5.41) is 6.44. The number of nitrogens with one attached hydrogen (secondary N) is 1. The maximum absolute atomic E-state index is 12.0. The first-order valence-corrected chi connectivity index (χ1v) is 5.51. The molecule has 2 rings (SSSR count). The number of nitrogens with zero attached hydrogens (tertiary/aromatic N) is 2. The lowest BCUT2D eigenvalue weighted by Gasteiger charge is -2.03. The summed E-state index contributed by atoms with van der Waals surface area (Å²) in [6.07, 6.45) is 1.55. The van der Waals surface area contributed by atoms with Gasteiger partial charge in [-0.25, -0.2) is 0 Å². The minimum atomic E-state index is -0.272. The predicted molar refractivity (Wildman–Crippen MR) is 66.1 cm³/mol.